The molecule has 0 amide bonds. The predicted octanol–water partition coefficient (Wildman–Crippen LogP) is 3.85. The highest BCUT2D eigenvalue weighted by Crippen LogP contribution is 2.46. The van der Waals surface area contributed by atoms with Crippen LogP contribution < -0.4 is 10.5 Å². The number of benzene rings is 1. The van der Waals surface area contributed by atoms with Crippen LogP contribution in [0.4, 0.5) is 0 Å². The number of rotatable bonds is 4. The van der Waals surface area contributed by atoms with Crippen LogP contribution in [-0.2, 0) is 5.41 Å². The molecule has 18 heavy (non-hydrogen) atoms. The molecule has 1 aromatic carbocycles. The van der Waals surface area contributed by atoms with Crippen molar-refractivity contribution in [3.63, 3.8) is 0 Å². The summed E-state index contributed by atoms with van der Waals surface area (Å²) in [5.74, 6) is 1.20. The van der Waals surface area contributed by atoms with Gasteiger partial charge in [-0.3, -0.25) is 0 Å². The summed E-state index contributed by atoms with van der Waals surface area (Å²) in [6.07, 6.45) is 3.60. The standard InChI is InChI=1S/C15H22ClNO/c1-10(2)12-7-11(8-13(16)14(12)18-3)15(9-17)5-4-6-15/h7-8,10H,4-6,9,17H2,1-3H3. The van der Waals surface area contributed by atoms with E-state index in [1.54, 1.807) is 7.11 Å². The summed E-state index contributed by atoms with van der Waals surface area (Å²) in [6, 6.07) is 4.28. The Morgan fingerprint density at radius 2 is 2.06 bits per heavy atom. The first-order chi connectivity index (χ1) is 8.54. The molecule has 1 aliphatic rings. The quantitative estimate of drug-likeness (QED) is 0.899. The van der Waals surface area contributed by atoms with E-state index in [1.807, 2.05) is 6.07 Å². The Hall–Kier alpha value is -0.730. The van der Waals surface area contributed by atoms with E-state index >= 15 is 0 Å². The van der Waals surface area contributed by atoms with Crippen molar-refractivity contribution in [3.05, 3.63) is 28.3 Å². The van der Waals surface area contributed by atoms with Crippen LogP contribution in [0.5, 0.6) is 5.75 Å². The van der Waals surface area contributed by atoms with Gasteiger partial charge in [-0.1, -0.05) is 37.9 Å². The van der Waals surface area contributed by atoms with Crippen LogP contribution in [0.2, 0.25) is 5.02 Å². The summed E-state index contributed by atoms with van der Waals surface area (Å²) in [5.41, 5.74) is 8.59. The van der Waals surface area contributed by atoms with Crippen molar-refractivity contribution in [1.82, 2.24) is 0 Å². The SMILES string of the molecule is COc1c(Cl)cc(C2(CN)CCC2)cc1C(C)C. The lowest BCUT2D eigenvalue weighted by atomic mass is 9.64. The van der Waals surface area contributed by atoms with E-state index in [0.29, 0.717) is 17.5 Å². The molecule has 0 bridgehead atoms. The van der Waals surface area contributed by atoms with Gasteiger partial charge in [0, 0.05) is 12.0 Å². The zero-order valence-corrected chi connectivity index (χ0v) is 12.2. The van der Waals surface area contributed by atoms with Gasteiger partial charge in [0.15, 0.2) is 0 Å². The average Bonchev–Trinajstić information content (AvgIpc) is 2.27. The zero-order valence-electron chi connectivity index (χ0n) is 11.4. The summed E-state index contributed by atoms with van der Waals surface area (Å²) in [4.78, 5) is 0. The molecule has 0 saturated heterocycles. The van der Waals surface area contributed by atoms with Crippen molar-refractivity contribution >= 4 is 11.6 Å². The predicted molar refractivity (Wildman–Crippen MR) is 76.7 cm³/mol. The minimum Gasteiger partial charge on any atom is -0.495 e. The molecule has 1 fully saturated rings. The third-order valence-corrected chi connectivity index (χ3v) is 4.49. The topological polar surface area (TPSA) is 35.2 Å². The Bertz CT molecular complexity index is 433. The number of nitrogens with two attached hydrogens (primary N) is 1. The van der Waals surface area contributed by atoms with E-state index in [9.17, 15) is 0 Å². The van der Waals surface area contributed by atoms with Crippen LogP contribution in [0.25, 0.3) is 0 Å². The highest BCUT2D eigenvalue weighted by molar-refractivity contribution is 6.32. The second-order valence-corrected chi connectivity index (χ2v) is 5.98. The molecule has 0 unspecified atom stereocenters. The van der Waals surface area contributed by atoms with Crippen molar-refractivity contribution in [2.45, 2.75) is 44.4 Å². The van der Waals surface area contributed by atoms with E-state index in [-0.39, 0.29) is 5.41 Å². The largest absolute Gasteiger partial charge is 0.495 e. The Balaban J connectivity index is 2.50. The van der Waals surface area contributed by atoms with E-state index in [1.165, 1.54) is 30.4 Å². The second kappa shape index (κ2) is 5.10. The second-order valence-electron chi connectivity index (χ2n) is 5.57. The highest BCUT2D eigenvalue weighted by Gasteiger charge is 2.38. The molecule has 1 aliphatic carbocycles. The lowest BCUT2D eigenvalue weighted by molar-refractivity contribution is 0.252. The average molecular weight is 268 g/mol. The minimum atomic E-state index is 0.152. The zero-order chi connectivity index (χ0) is 13.3. The summed E-state index contributed by atoms with van der Waals surface area (Å²) in [6.45, 7) is 5.02. The van der Waals surface area contributed by atoms with Crippen LogP contribution in [0.15, 0.2) is 12.1 Å². The van der Waals surface area contributed by atoms with Crippen LogP contribution in [0.3, 0.4) is 0 Å². The minimum absolute atomic E-state index is 0.152. The molecule has 3 heteroatoms. The maximum atomic E-state index is 6.36. The third-order valence-electron chi connectivity index (χ3n) is 4.21. The lowest BCUT2D eigenvalue weighted by Crippen LogP contribution is -2.41. The summed E-state index contributed by atoms with van der Waals surface area (Å²) in [7, 11) is 1.68. The van der Waals surface area contributed by atoms with E-state index in [4.69, 9.17) is 22.1 Å². The molecule has 0 aromatic heterocycles. The van der Waals surface area contributed by atoms with Gasteiger partial charge in [-0.25, -0.2) is 0 Å². The Labute approximate surface area is 114 Å². The molecule has 2 nitrogen and oxygen atoms in total. The van der Waals surface area contributed by atoms with Gasteiger partial charge in [-0.2, -0.15) is 0 Å². The molecule has 0 atom stereocenters. The maximum absolute atomic E-state index is 6.36. The molecule has 0 heterocycles. The van der Waals surface area contributed by atoms with Crippen molar-refractivity contribution in [2.75, 3.05) is 13.7 Å². The number of halogens is 1. The van der Waals surface area contributed by atoms with Gasteiger partial charge in [0.05, 0.1) is 12.1 Å². The fraction of sp³-hybridized carbons (Fsp3) is 0.600. The maximum Gasteiger partial charge on any atom is 0.140 e. The molecule has 2 N–H and O–H groups in total. The molecule has 1 saturated carbocycles. The Kier molecular flexibility index (Phi) is 3.88. The first-order valence-electron chi connectivity index (χ1n) is 6.62. The Morgan fingerprint density at radius 1 is 1.39 bits per heavy atom. The third kappa shape index (κ3) is 2.12. The van der Waals surface area contributed by atoms with E-state index < -0.39 is 0 Å². The van der Waals surface area contributed by atoms with Gasteiger partial charge in [-0.05, 0) is 36.0 Å². The Morgan fingerprint density at radius 3 is 2.44 bits per heavy atom. The first kappa shape index (κ1) is 13.7. The van der Waals surface area contributed by atoms with E-state index in [0.717, 1.165) is 5.75 Å². The fourth-order valence-electron chi connectivity index (χ4n) is 2.78. The van der Waals surface area contributed by atoms with Gasteiger partial charge >= 0.3 is 0 Å². The van der Waals surface area contributed by atoms with Crippen LogP contribution in [-0.4, -0.2) is 13.7 Å². The lowest BCUT2D eigenvalue weighted by Gasteiger charge is -2.42. The number of methoxy groups -OCH3 is 1. The highest BCUT2D eigenvalue weighted by atomic mass is 35.5. The molecule has 2 rings (SSSR count). The van der Waals surface area contributed by atoms with Crippen molar-refractivity contribution < 1.29 is 4.74 Å². The summed E-state index contributed by atoms with van der Waals surface area (Å²) < 4.78 is 5.43. The number of ether oxygens (including phenoxy) is 1. The van der Waals surface area contributed by atoms with Gasteiger partial charge in [0.2, 0.25) is 0 Å². The molecule has 0 radical (unpaired) electrons. The number of hydrogen-bond acceptors (Lipinski definition) is 2. The fourth-order valence-corrected chi connectivity index (χ4v) is 3.08. The molecular formula is C15H22ClNO. The molecular weight excluding hydrogens is 246 g/mol. The van der Waals surface area contributed by atoms with Crippen LogP contribution in [0.1, 0.15) is 50.2 Å². The van der Waals surface area contributed by atoms with Gasteiger partial charge in [0.1, 0.15) is 5.75 Å². The van der Waals surface area contributed by atoms with Gasteiger partial charge < -0.3 is 10.5 Å². The molecule has 0 aliphatic heterocycles. The smallest absolute Gasteiger partial charge is 0.140 e. The van der Waals surface area contributed by atoms with Crippen molar-refractivity contribution in [1.29, 1.82) is 0 Å². The molecule has 1 aromatic rings. The van der Waals surface area contributed by atoms with Gasteiger partial charge in [-0.15, -0.1) is 0 Å². The van der Waals surface area contributed by atoms with Crippen LogP contribution in [0, 0.1) is 0 Å². The normalized spacial score (nSPS) is 17.7. The van der Waals surface area contributed by atoms with Crippen molar-refractivity contribution in [2.24, 2.45) is 5.73 Å². The molecule has 0 spiro atoms. The van der Waals surface area contributed by atoms with E-state index in [2.05, 4.69) is 19.9 Å². The monoisotopic (exact) mass is 267 g/mol. The van der Waals surface area contributed by atoms with Gasteiger partial charge in [0.25, 0.3) is 0 Å². The molecule has 100 valence electrons. The summed E-state index contributed by atoms with van der Waals surface area (Å²) >= 11 is 6.36. The van der Waals surface area contributed by atoms with Crippen molar-refractivity contribution in [3.8, 4) is 5.75 Å². The first-order valence-corrected chi connectivity index (χ1v) is 7.00. The number of hydrogen-bond donors (Lipinski definition) is 1. The van der Waals surface area contributed by atoms with Crippen LogP contribution >= 0.6 is 11.6 Å². The summed E-state index contributed by atoms with van der Waals surface area (Å²) in [5, 5.41) is 0.707.